The topological polar surface area (TPSA) is 58.5 Å². The first-order chi connectivity index (χ1) is 11.7. The normalized spacial score (nSPS) is 12.4. The van der Waals surface area contributed by atoms with Crippen LogP contribution in [0.15, 0.2) is 40.8 Å². The van der Waals surface area contributed by atoms with E-state index in [-0.39, 0.29) is 24.0 Å². The minimum absolute atomic E-state index is 0. The third-order valence-electron chi connectivity index (χ3n) is 3.62. The molecule has 1 atom stereocenters. The predicted octanol–water partition coefficient (Wildman–Crippen LogP) is 3.59. The van der Waals surface area contributed by atoms with Crippen molar-refractivity contribution >= 4 is 41.3 Å². The van der Waals surface area contributed by atoms with Crippen LogP contribution in [0, 0.1) is 12.8 Å². The Morgan fingerprint density at radius 2 is 2.04 bits per heavy atom. The highest BCUT2D eigenvalue weighted by Gasteiger charge is 2.06. The molecule has 1 unspecified atom stereocenters. The van der Waals surface area contributed by atoms with Crippen LogP contribution in [0.25, 0.3) is 0 Å². The maximum absolute atomic E-state index is 5.78. The molecule has 2 N–H and O–H groups in total. The van der Waals surface area contributed by atoms with Crippen molar-refractivity contribution in [2.75, 3.05) is 20.2 Å². The molecule has 0 saturated carbocycles. The number of rotatable bonds is 8. The lowest BCUT2D eigenvalue weighted by Gasteiger charge is -2.16. The zero-order valence-corrected chi connectivity index (χ0v) is 18.1. The molecule has 25 heavy (non-hydrogen) atoms. The van der Waals surface area contributed by atoms with Gasteiger partial charge in [-0.2, -0.15) is 0 Å². The van der Waals surface area contributed by atoms with Crippen LogP contribution in [0.4, 0.5) is 0 Å². The molecule has 7 heteroatoms. The Morgan fingerprint density at radius 1 is 1.28 bits per heavy atom. The number of aromatic nitrogens is 1. The van der Waals surface area contributed by atoms with Gasteiger partial charge in [0.15, 0.2) is 5.96 Å². The van der Waals surface area contributed by atoms with Crippen molar-refractivity contribution < 1.29 is 4.74 Å². The quantitative estimate of drug-likeness (QED) is 0.349. The number of hydrogen-bond donors (Lipinski definition) is 2. The number of ether oxygens (including phenoxy) is 1. The molecular formula is C18H27IN4OS. The van der Waals surface area contributed by atoms with Gasteiger partial charge in [0.1, 0.15) is 0 Å². The van der Waals surface area contributed by atoms with Gasteiger partial charge in [0.2, 0.25) is 0 Å². The molecule has 2 aromatic rings. The molecule has 0 aliphatic heterocycles. The number of halogens is 1. The molecule has 0 aliphatic rings. The van der Waals surface area contributed by atoms with Crippen LogP contribution in [0.2, 0.25) is 0 Å². The van der Waals surface area contributed by atoms with Crippen LogP contribution < -0.4 is 10.6 Å². The van der Waals surface area contributed by atoms with E-state index in [9.17, 15) is 0 Å². The Kier molecular flexibility index (Phi) is 10.7. The average molecular weight is 474 g/mol. The summed E-state index contributed by atoms with van der Waals surface area (Å²) in [6.07, 6.45) is 0. The molecule has 1 aromatic carbocycles. The molecular weight excluding hydrogens is 447 g/mol. The predicted molar refractivity (Wildman–Crippen MR) is 116 cm³/mol. The van der Waals surface area contributed by atoms with Gasteiger partial charge in [0, 0.05) is 18.5 Å². The summed E-state index contributed by atoms with van der Waals surface area (Å²) >= 11 is 1.66. The molecule has 0 saturated heterocycles. The molecule has 5 nitrogen and oxygen atoms in total. The molecule has 0 fully saturated rings. The van der Waals surface area contributed by atoms with Crippen LogP contribution in [0.5, 0.6) is 0 Å². The van der Waals surface area contributed by atoms with E-state index in [0.717, 1.165) is 24.7 Å². The first-order valence-electron chi connectivity index (χ1n) is 8.14. The monoisotopic (exact) mass is 474 g/mol. The summed E-state index contributed by atoms with van der Waals surface area (Å²) in [5.41, 5.74) is 4.15. The number of hydrogen-bond acceptors (Lipinski definition) is 4. The van der Waals surface area contributed by atoms with Crippen molar-refractivity contribution in [1.82, 2.24) is 15.6 Å². The van der Waals surface area contributed by atoms with E-state index in [1.165, 1.54) is 10.4 Å². The van der Waals surface area contributed by atoms with E-state index >= 15 is 0 Å². The first kappa shape index (κ1) is 21.9. The van der Waals surface area contributed by atoms with Gasteiger partial charge in [-0.3, -0.25) is 4.99 Å². The largest absolute Gasteiger partial charge is 0.376 e. The van der Waals surface area contributed by atoms with Crippen molar-refractivity contribution in [2.45, 2.75) is 27.0 Å². The Morgan fingerprint density at radius 3 is 2.68 bits per heavy atom. The summed E-state index contributed by atoms with van der Waals surface area (Å²) in [6.45, 7) is 7.12. The molecule has 0 spiro atoms. The van der Waals surface area contributed by atoms with Crippen molar-refractivity contribution in [3.8, 4) is 0 Å². The van der Waals surface area contributed by atoms with Crippen LogP contribution in [-0.2, 0) is 17.9 Å². The number of aryl methyl sites for hydroxylation is 1. The fourth-order valence-electron chi connectivity index (χ4n) is 2.16. The van der Waals surface area contributed by atoms with Gasteiger partial charge < -0.3 is 15.4 Å². The lowest BCUT2D eigenvalue weighted by Crippen LogP contribution is -2.39. The average Bonchev–Trinajstić information content (AvgIpc) is 3.01. The van der Waals surface area contributed by atoms with Gasteiger partial charge >= 0.3 is 0 Å². The Hall–Kier alpha value is -1.19. The van der Waals surface area contributed by atoms with E-state index in [4.69, 9.17) is 4.74 Å². The van der Waals surface area contributed by atoms with Crippen molar-refractivity contribution in [3.05, 3.63) is 52.0 Å². The number of nitrogens with one attached hydrogen (secondary N) is 2. The van der Waals surface area contributed by atoms with Crippen LogP contribution in [0.3, 0.4) is 0 Å². The number of aliphatic imine (C=N–C) groups is 1. The van der Waals surface area contributed by atoms with Crippen LogP contribution >= 0.6 is 35.3 Å². The van der Waals surface area contributed by atoms with Gasteiger partial charge in [-0.25, -0.2) is 4.98 Å². The van der Waals surface area contributed by atoms with Crippen molar-refractivity contribution in [1.29, 1.82) is 0 Å². The summed E-state index contributed by atoms with van der Waals surface area (Å²) in [4.78, 5) is 9.74. The Bertz CT molecular complexity index is 633. The Labute approximate surface area is 171 Å². The molecule has 0 amide bonds. The Balaban J connectivity index is 0.00000312. The second kappa shape index (κ2) is 12.2. The highest BCUT2D eigenvalue weighted by atomic mass is 127. The second-order valence-electron chi connectivity index (χ2n) is 5.77. The maximum atomic E-state index is 5.78. The molecule has 0 radical (unpaired) electrons. The molecule has 1 heterocycles. The molecule has 0 bridgehead atoms. The highest BCUT2D eigenvalue weighted by Crippen LogP contribution is 2.11. The number of nitrogens with zero attached hydrogens (tertiary/aromatic N) is 2. The summed E-state index contributed by atoms with van der Waals surface area (Å²) in [5, 5.41) is 6.66. The summed E-state index contributed by atoms with van der Waals surface area (Å²) < 4.78 is 5.78. The summed E-state index contributed by atoms with van der Waals surface area (Å²) in [7, 11) is 1.78. The second-order valence-corrected chi connectivity index (χ2v) is 6.71. The lowest BCUT2D eigenvalue weighted by atomic mass is 10.2. The minimum Gasteiger partial charge on any atom is -0.376 e. The van der Waals surface area contributed by atoms with E-state index in [1.54, 1.807) is 18.4 Å². The number of thiazole rings is 1. The smallest absolute Gasteiger partial charge is 0.191 e. The lowest BCUT2D eigenvalue weighted by molar-refractivity contribution is 0.0931. The highest BCUT2D eigenvalue weighted by molar-refractivity contribution is 14.0. The van der Waals surface area contributed by atoms with Crippen molar-refractivity contribution in [3.63, 3.8) is 0 Å². The van der Waals surface area contributed by atoms with Crippen LogP contribution in [-0.4, -0.2) is 31.1 Å². The molecule has 0 aliphatic carbocycles. The summed E-state index contributed by atoms with van der Waals surface area (Å²) in [5.74, 6) is 1.20. The van der Waals surface area contributed by atoms with Gasteiger partial charge in [-0.05, 0) is 18.4 Å². The van der Waals surface area contributed by atoms with E-state index in [0.29, 0.717) is 19.1 Å². The standard InChI is InChI=1S/C18H26N4OS.HI/c1-14(11-23-12-16-7-5-4-6-8-16)9-20-18(19-3)21-10-17-15(2)22-13-24-17;/h4-8,13-14H,9-12H2,1-3H3,(H2,19,20,21);1H. The van der Waals surface area contributed by atoms with Gasteiger partial charge in [-0.15, -0.1) is 35.3 Å². The maximum Gasteiger partial charge on any atom is 0.191 e. The summed E-state index contributed by atoms with van der Waals surface area (Å²) in [6, 6.07) is 10.2. The fourth-order valence-corrected chi connectivity index (χ4v) is 2.88. The van der Waals surface area contributed by atoms with E-state index in [2.05, 4.69) is 39.7 Å². The minimum atomic E-state index is 0. The van der Waals surface area contributed by atoms with Gasteiger partial charge in [-0.1, -0.05) is 37.3 Å². The third-order valence-corrected chi connectivity index (χ3v) is 4.55. The zero-order valence-electron chi connectivity index (χ0n) is 15.0. The number of benzene rings is 1. The SMILES string of the molecule is CN=C(NCc1scnc1C)NCC(C)COCc1ccccc1.I. The van der Waals surface area contributed by atoms with Gasteiger partial charge in [0.05, 0.1) is 31.0 Å². The third kappa shape index (κ3) is 8.15. The number of guanidine groups is 1. The molecule has 1 aromatic heterocycles. The first-order valence-corrected chi connectivity index (χ1v) is 9.02. The van der Waals surface area contributed by atoms with E-state index in [1.807, 2.05) is 30.6 Å². The fraction of sp³-hybridized carbons (Fsp3) is 0.444. The zero-order chi connectivity index (χ0) is 17.2. The van der Waals surface area contributed by atoms with Crippen LogP contribution in [0.1, 0.15) is 23.1 Å². The van der Waals surface area contributed by atoms with Crippen molar-refractivity contribution in [2.24, 2.45) is 10.9 Å². The molecule has 2 rings (SSSR count). The van der Waals surface area contributed by atoms with Gasteiger partial charge in [0.25, 0.3) is 0 Å². The molecule has 138 valence electrons. The van der Waals surface area contributed by atoms with E-state index < -0.39 is 0 Å².